The predicted octanol–water partition coefficient (Wildman–Crippen LogP) is 0.643. The number of aromatic amines is 1. The van der Waals surface area contributed by atoms with E-state index in [0.717, 1.165) is 10.9 Å². The van der Waals surface area contributed by atoms with Gasteiger partial charge in [-0.05, 0) is 12.0 Å². The summed E-state index contributed by atoms with van der Waals surface area (Å²) in [4.78, 5) is 23.9. The maximum Gasteiger partial charge on any atom is 0.320 e. The summed E-state index contributed by atoms with van der Waals surface area (Å²) in [5.41, 5.74) is 10.7. The number of nitrogens with zero attached hydrogens (tertiary/aromatic N) is 6. The van der Waals surface area contributed by atoms with Gasteiger partial charge in [-0.3, -0.25) is 14.3 Å². The number of alkyl halides is 2. The maximum atomic E-state index is 14.5. The third-order valence-corrected chi connectivity index (χ3v) is 3.86. The van der Waals surface area contributed by atoms with Crippen molar-refractivity contribution in [2.75, 3.05) is 5.73 Å². The molecule has 3 heterocycles. The molecule has 0 aliphatic carbocycles. The lowest BCUT2D eigenvalue weighted by atomic mass is 10.0. The van der Waals surface area contributed by atoms with E-state index in [4.69, 9.17) is 16.0 Å². The van der Waals surface area contributed by atoms with E-state index < -0.39 is 29.5 Å². The molecule has 128 valence electrons. The van der Waals surface area contributed by atoms with Crippen molar-refractivity contribution in [3.8, 4) is 0 Å². The molecule has 0 radical (unpaired) electrons. The van der Waals surface area contributed by atoms with Gasteiger partial charge in [0.1, 0.15) is 0 Å². The summed E-state index contributed by atoms with van der Waals surface area (Å²) in [6, 6.07) is 0. The molecular weight excluding hydrogens is 330 g/mol. The van der Waals surface area contributed by atoms with Crippen molar-refractivity contribution < 1.29 is 18.6 Å². The number of aliphatic hydroxyl groups excluding tert-OH is 1. The van der Waals surface area contributed by atoms with Crippen LogP contribution in [0.5, 0.6) is 0 Å². The van der Waals surface area contributed by atoms with Crippen molar-refractivity contribution in [3.05, 3.63) is 27.1 Å². The van der Waals surface area contributed by atoms with Crippen LogP contribution in [0, 0.1) is 0 Å². The van der Waals surface area contributed by atoms with Crippen LogP contribution in [0.25, 0.3) is 21.6 Å². The summed E-state index contributed by atoms with van der Waals surface area (Å²) < 4.78 is 35.1. The van der Waals surface area contributed by atoms with E-state index in [0.29, 0.717) is 0 Å². The second-order valence-electron chi connectivity index (χ2n) is 5.21. The Morgan fingerprint density at radius 3 is 3.00 bits per heavy atom. The molecule has 0 aromatic carbocycles. The summed E-state index contributed by atoms with van der Waals surface area (Å²) >= 11 is 0. The van der Waals surface area contributed by atoms with Gasteiger partial charge in [-0.1, -0.05) is 12.0 Å². The molecule has 0 saturated carbocycles. The number of azide groups is 1. The summed E-state index contributed by atoms with van der Waals surface area (Å²) in [6.45, 7) is 1.42. The minimum atomic E-state index is -3.84. The first-order valence-electron chi connectivity index (χ1n) is 6.79. The summed E-state index contributed by atoms with van der Waals surface area (Å²) in [6.07, 6.45) is -3.77. The van der Waals surface area contributed by atoms with Crippen LogP contribution < -0.4 is 11.3 Å². The van der Waals surface area contributed by atoms with E-state index in [-0.39, 0.29) is 23.5 Å². The monoisotopic (exact) mass is 342 g/mol. The smallest absolute Gasteiger partial charge is 0.320 e. The first-order valence-corrected chi connectivity index (χ1v) is 6.79. The standard InChI is InChI=1S/C11H12F2N8O3/c1-2-10(19-20-15)7(23)11(12,13)8(24-10)21-3-16-4-5(21)17-9(14)18-6(4)22/h3,7-8,23H,2H2,1H3,(H3,14,17,18,22)/t7-,8-,10-/m1/s1. The molecule has 3 atom stereocenters. The lowest BCUT2D eigenvalue weighted by molar-refractivity contribution is -0.139. The number of nitrogens with two attached hydrogens (primary N) is 1. The van der Waals surface area contributed by atoms with Gasteiger partial charge in [-0.2, -0.15) is 13.8 Å². The fraction of sp³-hybridized carbons (Fsp3) is 0.545. The number of hydrogen-bond donors (Lipinski definition) is 3. The van der Waals surface area contributed by atoms with Crippen LogP contribution >= 0.6 is 0 Å². The molecular formula is C11H12F2N8O3. The van der Waals surface area contributed by atoms with Crippen LogP contribution in [0.3, 0.4) is 0 Å². The van der Waals surface area contributed by atoms with Crippen molar-refractivity contribution in [2.24, 2.45) is 5.11 Å². The van der Waals surface area contributed by atoms with Gasteiger partial charge in [0.15, 0.2) is 23.0 Å². The fourth-order valence-electron chi connectivity index (χ4n) is 2.63. The molecule has 13 heteroatoms. The largest absolute Gasteiger partial charge is 0.383 e. The highest BCUT2D eigenvalue weighted by atomic mass is 19.3. The molecule has 0 unspecified atom stereocenters. The number of aliphatic hydroxyl groups is 1. The molecule has 4 N–H and O–H groups in total. The highest BCUT2D eigenvalue weighted by Gasteiger charge is 2.66. The van der Waals surface area contributed by atoms with E-state index in [1.807, 2.05) is 0 Å². The zero-order chi connectivity index (χ0) is 17.7. The third kappa shape index (κ3) is 2.02. The molecule has 1 fully saturated rings. The Morgan fingerprint density at radius 1 is 1.67 bits per heavy atom. The van der Waals surface area contributed by atoms with Crippen molar-refractivity contribution in [3.63, 3.8) is 0 Å². The van der Waals surface area contributed by atoms with Crippen LogP contribution in [-0.2, 0) is 4.74 Å². The van der Waals surface area contributed by atoms with Gasteiger partial charge in [-0.15, -0.1) is 0 Å². The Bertz CT molecular complexity index is 904. The molecule has 2 aromatic rings. The molecule has 1 aliphatic rings. The molecule has 0 bridgehead atoms. The van der Waals surface area contributed by atoms with Crippen molar-refractivity contribution in [1.29, 1.82) is 0 Å². The molecule has 1 aliphatic heterocycles. The van der Waals surface area contributed by atoms with Crippen LogP contribution in [-0.4, -0.2) is 42.4 Å². The number of rotatable bonds is 3. The van der Waals surface area contributed by atoms with Crippen molar-refractivity contribution in [2.45, 2.75) is 37.3 Å². The predicted molar refractivity (Wildman–Crippen MR) is 75.8 cm³/mol. The van der Waals surface area contributed by atoms with Gasteiger partial charge in [-0.25, -0.2) is 4.98 Å². The number of imidazole rings is 1. The minimum Gasteiger partial charge on any atom is -0.383 e. The highest BCUT2D eigenvalue weighted by Crippen LogP contribution is 2.50. The van der Waals surface area contributed by atoms with Gasteiger partial charge < -0.3 is 15.6 Å². The van der Waals surface area contributed by atoms with E-state index in [2.05, 4.69) is 25.0 Å². The summed E-state index contributed by atoms with van der Waals surface area (Å²) in [5.74, 6) is -4.13. The average Bonchev–Trinajstić information content (AvgIpc) is 3.01. The van der Waals surface area contributed by atoms with Crippen molar-refractivity contribution >= 4 is 17.1 Å². The van der Waals surface area contributed by atoms with Crippen LogP contribution in [0.15, 0.2) is 16.2 Å². The van der Waals surface area contributed by atoms with Crippen LogP contribution in [0.2, 0.25) is 0 Å². The Kier molecular flexibility index (Phi) is 3.44. The maximum absolute atomic E-state index is 14.5. The molecule has 1 saturated heterocycles. The minimum absolute atomic E-state index is 0.201. The summed E-state index contributed by atoms with van der Waals surface area (Å²) in [5, 5.41) is 13.2. The number of nitrogen functional groups attached to an aromatic ring is 1. The number of aromatic nitrogens is 4. The normalized spacial score (nSPS) is 28.8. The SMILES string of the molecule is CC[C@@]1(N=[N+]=[N-])O[C@@H](n2cnc3c(=O)[nH]c(N)nc32)C(F)(F)[C@@H]1O. The van der Waals surface area contributed by atoms with Gasteiger partial charge in [0.2, 0.25) is 12.2 Å². The van der Waals surface area contributed by atoms with E-state index in [9.17, 15) is 18.7 Å². The number of halogens is 2. The number of anilines is 1. The zero-order valence-corrected chi connectivity index (χ0v) is 12.2. The number of ether oxygens (including phenoxy) is 1. The van der Waals surface area contributed by atoms with E-state index in [1.165, 1.54) is 6.92 Å². The number of H-pyrrole nitrogens is 1. The van der Waals surface area contributed by atoms with Gasteiger partial charge in [0, 0.05) is 4.91 Å². The number of nitrogens with one attached hydrogen (secondary N) is 1. The molecule has 24 heavy (non-hydrogen) atoms. The lowest BCUT2D eigenvalue weighted by Crippen LogP contribution is -2.44. The lowest BCUT2D eigenvalue weighted by Gasteiger charge is -2.24. The Morgan fingerprint density at radius 2 is 2.38 bits per heavy atom. The average molecular weight is 342 g/mol. The third-order valence-electron chi connectivity index (χ3n) is 3.86. The van der Waals surface area contributed by atoms with Crippen LogP contribution in [0.1, 0.15) is 19.6 Å². The first kappa shape index (κ1) is 16.1. The second-order valence-corrected chi connectivity index (χ2v) is 5.21. The molecule has 0 spiro atoms. The second kappa shape index (κ2) is 5.12. The topological polar surface area (TPSA) is 168 Å². The van der Waals surface area contributed by atoms with Gasteiger partial charge in [0.05, 0.1) is 6.33 Å². The Balaban J connectivity index is 2.20. The molecule has 11 nitrogen and oxygen atoms in total. The van der Waals surface area contributed by atoms with Gasteiger partial charge in [0.25, 0.3) is 5.56 Å². The van der Waals surface area contributed by atoms with Crippen LogP contribution in [0.4, 0.5) is 14.7 Å². The van der Waals surface area contributed by atoms with E-state index in [1.54, 1.807) is 0 Å². The quantitative estimate of drug-likeness (QED) is 0.420. The Hall–Kier alpha value is -2.76. The molecule has 0 amide bonds. The molecule has 3 rings (SSSR count). The molecule has 2 aromatic heterocycles. The van der Waals surface area contributed by atoms with Crippen molar-refractivity contribution in [1.82, 2.24) is 19.5 Å². The van der Waals surface area contributed by atoms with Gasteiger partial charge >= 0.3 is 5.92 Å². The highest BCUT2D eigenvalue weighted by molar-refractivity contribution is 5.70. The fourth-order valence-corrected chi connectivity index (χ4v) is 2.63. The van der Waals surface area contributed by atoms with E-state index >= 15 is 0 Å². The number of hydrogen-bond acceptors (Lipinski definition) is 7. The Labute approximate surface area is 131 Å². The number of fused-ring (bicyclic) bond motifs is 1. The zero-order valence-electron chi connectivity index (χ0n) is 12.2. The summed E-state index contributed by atoms with van der Waals surface area (Å²) in [7, 11) is 0. The first-order chi connectivity index (χ1) is 11.3.